The smallest absolute Gasteiger partial charge is 0.481 e. The lowest BCUT2D eigenvalue weighted by Crippen LogP contribution is -2.38. The predicted octanol–water partition coefficient (Wildman–Crippen LogP) is 3.45. The maximum Gasteiger partial charge on any atom is 0.573 e. The molecule has 0 radical (unpaired) electrons. The number of rotatable bonds is 3. The maximum atomic E-state index is 12.3. The SMILES string of the molecule is Nc1ccc(OC(F)(F)F)cc1C1(C(=O)O)CCCCC1. The van der Waals surface area contributed by atoms with Crippen LogP contribution >= 0.6 is 0 Å². The summed E-state index contributed by atoms with van der Waals surface area (Å²) < 4.78 is 40.8. The van der Waals surface area contributed by atoms with Gasteiger partial charge in [-0.1, -0.05) is 19.3 Å². The van der Waals surface area contributed by atoms with Crippen molar-refractivity contribution < 1.29 is 27.8 Å². The van der Waals surface area contributed by atoms with Gasteiger partial charge >= 0.3 is 12.3 Å². The van der Waals surface area contributed by atoms with Crippen LogP contribution in [0.2, 0.25) is 0 Å². The molecule has 116 valence electrons. The number of nitrogens with two attached hydrogens (primary N) is 1. The lowest BCUT2D eigenvalue weighted by molar-refractivity contribution is -0.274. The van der Waals surface area contributed by atoms with Gasteiger partial charge in [0, 0.05) is 5.69 Å². The highest BCUT2D eigenvalue weighted by atomic mass is 19.4. The van der Waals surface area contributed by atoms with E-state index in [2.05, 4.69) is 4.74 Å². The first-order valence-electron chi connectivity index (χ1n) is 6.64. The molecule has 0 bridgehead atoms. The molecule has 1 aliphatic rings. The van der Waals surface area contributed by atoms with E-state index < -0.39 is 23.5 Å². The Bertz CT molecular complexity index is 537. The van der Waals surface area contributed by atoms with Crippen LogP contribution in [0.3, 0.4) is 0 Å². The van der Waals surface area contributed by atoms with E-state index in [4.69, 9.17) is 5.73 Å². The van der Waals surface area contributed by atoms with Crippen LogP contribution in [0.15, 0.2) is 18.2 Å². The second-order valence-corrected chi connectivity index (χ2v) is 5.24. The molecule has 0 aliphatic heterocycles. The average molecular weight is 303 g/mol. The Kier molecular flexibility index (Phi) is 4.02. The van der Waals surface area contributed by atoms with E-state index in [0.29, 0.717) is 25.7 Å². The van der Waals surface area contributed by atoms with Crippen molar-refractivity contribution in [3.63, 3.8) is 0 Å². The number of halogens is 3. The summed E-state index contributed by atoms with van der Waals surface area (Å²) in [5.74, 6) is -1.50. The van der Waals surface area contributed by atoms with Gasteiger partial charge in [-0.05, 0) is 36.6 Å². The number of carboxylic acids is 1. The molecule has 1 saturated carbocycles. The van der Waals surface area contributed by atoms with Crippen LogP contribution in [0.4, 0.5) is 18.9 Å². The highest BCUT2D eigenvalue weighted by molar-refractivity contribution is 5.84. The fourth-order valence-corrected chi connectivity index (χ4v) is 2.90. The highest BCUT2D eigenvalue weighted by Crippen LogP contribution is 2.43. The molecule has 1 aromatic carbocycles. The largest absolute Gasteiger partial charge is 0.573 e. The molecule has 21 heavy (non-hydrogen) atoms. The van der Waals surface area contributed by atoms with Gasteiger partial charge in [-0.15, -0.1) is 13.2 Å². The lowest BCUT2D eigenvalue weighted by atomic mass is 9.69. The molecule has 1 aromatic rings. The molecule has 0 unspecified atom stereocenters. The number of hydrogen-bond donors (Lipinski definition) is 2. The highest BCUT2D eigenvalue weighted by Gasteiger charge is 2.43. The third kappa shape index (κ3) is 3.22. The van der Waals surface area contributed by atoms with E-state index >= 15 is 0 Å². The van der Waals surface area contributed by atoms with Crippen LogP contribution in [0, 0.1) is 0 Å². The van der Waals surface area contributed by atoms with Crippen molar-refractivity contribution in [1.29, 1.82) is 0 Å². The van der Waals surface area contributed by atoms with E-state index in [9.17, 15) is 23.1 Å². The molecule has 1 fully saturated rings. The standard InChI is InChI=1S/C14H16F3NO3/c15-14(16,17)21-9-4-5-11(18)10(8-9)13(12(19)20)6-2-1-3-7-13/h4-5,8H,1-3,6-7,18H2,(H,19,20). The van der Waals surface area contributed by atoms with Crippen LogP contribution in [-0.2, 0) is 10.2 Å². The molecule has 4 nitrogen and oxygen atoms in total. The Hall–Kier alpha value is -1.92. The summed E-state index contributed by atoms with van der Waals surface area (Å²) in [4.78, 5) is 11.7. The molecular formula is C14H16F3NO3. The minimum atomic E-state index is -4.82. The molecule has 1 aliphatic carbocycles. The van der Waals surface area contributed by atoms with E-state index in [-0.39, 0.29) is 11.3 Å². The zero-order valence-electron chi connectivity index (χ0n) is 11.2. The molecule has 0 amide bonds. The summed E-state index contributed by atoms with van der Waals surface area (Å²) in [5.41, 5.74) is 4.96. The molecular weight excluding hydrogens is 287 g/mol. The first kappa shape index (κ1) is 15.5. The van der Waals surface area contributed by atoms with Gasteiger partial charge in [0.2, 0.25) is 0 Å². The topological polar surface area (TPSA) is 72.5 Å². The molecule has 0 aromatic heterocycles. The summed E-state index contributed by atoms with van der Waals surface area (Å²) in [6.45, 7) is 0. The Morgan fingerprint density at radius 2 is 1.86 bits per heavy atom. The molecule has 3 N–H and O–H groups in total. The number of ether oxygens (including phenoxy) is 1. The Labute approximate surface area is 119 Å². The van der Waals surface area contributed by atoms with Gasteiger partial charge in [-0.25, -0.2) is 0 Å². The fourth-order valence-electron chi connectivity index (χ4n) is 2.90. The van der Waals surface area contributed by atoms with Crippen molar-refractivity contribution in [2.75, 3.05) is 5.73 Å². The van der Waals surface area contributed by atoms with Crippen LogP contribution < -0.4 is 10.5 Å². The first-order chi connectivity index (χ1) is 9.74. The summed E-state index contributed by atoms with van der Waals surface area (Å²) in [6.07, 6.45) is -1.78. The van der Waals surface area contributed by atoms with Gasteiger partial charge in [-0.3, -0.25) is 4.79 Å². The molecule has 2 rings (SSSR count). The summed E-state index contributed by atoms with van der Waals surface area (Å²) >= 11 is 0. The number of benzene rings is 1. The van der Waals surface area contributed by atoms with Crippen molar-refractivity contribution in [3.8, 4) is 5.75 Å². The number of hydrogen-bond acceptors (Lipinski definition) is 3. The van der Waals surface area contributed by atoms with Gasteiger partial charge in [-0.2, -0.15) is 0 Å². The van der Waals surface area contributed by atoms with Crippen LogP contribution in [0.5, 0.6) is 5.75 Å². The number of anilines is 1. The molecule has 7 heteroatoms. The van der Waals surface area contributed by atoms with Gasteiger partial charge in [0.05, 0.1) is 5.41 Å². The lowest BCUT2D eigenvalue weighted by Gasteiger charge is -2.34. The minimum absolute atomic E-state index is 0.175. The molecule has 0 saturated heterocycles. The normalized spacial score (nSPS) is 18.2. The van der Waals surface area contributed by atoms with Crippen molar-refractivity contribution in [2.45, 2.75) is 43.9 Å². The van der Waals surface area contributed by atoms with Crippen molar-refractivity contribution in [3.05, 3.63) is 23.8 Å². The number of nitrogen functional groups attached to an aromatic ring is 1. The van der Waals surface area contributed by atoms with Gasteiger partial charge < -0.3 is 15.6 Å². The average Bonchev–Trinajstić information content (AvgIpc) is 2.40. The Morgan fingerprint density at radius 1 is 1.24 bits per heavy atom. The van der Waals surface area contributed by atoms with Crippen LogP contribution in [0.1, 0.15) is 37.7 Å². The maximum absolute atomic E-state index is 12.3. The Morgan fingerprint density at radius 3 is 2.38 bits per heavy atom. The van der Waals surface area contributed by atoms with Crippen molar-refractivity contribution >= 4 is 11.7 Å². The van der Waals surface area contributed by atoms with Crippen LogP contribution in [0.25, 0.3) is 0 Å². The number of alkyl halides is 3. The van der Waals surface area contributed by atoms with E-state index in [1.165, 1.54) is 6.07 Å². The van der Waals surface area contributed by atoms with E-state index in [1.54, 1.807) is 0 Å². The van der Waals surface area contributed by atoms with Crippen LogP contribution in [-0.4, -0.2) is 17.4 Å². The number of carboxylic acid groups (broad SMARTS) is 1. The third-order valence-corrected chi connectivity index (χ3v) is 3.89. The molecule has 0 heterocycles. The number of aliphatic carboxylic acids is 1. The molecule has 0 spiro atoms. The monoisotopic (exact) mass is 303 g/mol. The quantitative estimate of drug-likeness (QED) is 0.839. The second kappa shape index (κ2) is 5.46. The predicted molar refractivity (Wildman–Crippen MR) is 69.9 cm³/mol. The third-order valence-electron chi connectivity index (χ3n) is 3.89. The Balaban J connectivity index is 2.45. The van der Waals surface area contributed by atoms with Gasteiger partial charge in [0.15, 0.2) is 0 Å². The van der Waals surface area contributed by atoms with Gasteiger partial charge in [0.1, 0.15) is 5.75 Å². The van der Waals surface area contributed by atoms with E-state index in [1.807, 2.05) is 0 Å². The van der Waals surface area contributed by atoms with Gasteiger partial charge in [0.25, 0.3) is 0 Å². The van der Waals surface area contributed by atoms with Crippen molar-refractivity contribution in [2.24, 2.45) is 0 Å². The second-order valence-electron chi connectivity index (χ2n) is 5.24. The fraction of sp³-hybridized carbons (Fsp3) is 0.500. The first-order valence-corrected chi connectivity index (χ1v) is 6.64. The van der Waals surface area contributed by atoms with Crippen molar-refractivity contribution in [1.82, 2.24) is 0 Å². The summed E-state index contributed by atoms with van der Waals surface area (Å²) in [6, 6.07) is 3.45. The van der Waals surface area contributed by atoms with E-state index in [0.717, 1.165) is 18.6 Å². The minimum Gasteiger partial charge on any atom is -0.481 e. The number of carbonyl (C=O) groups is 1. The zero-order chi connectivity index (χ0) is 15.7. The molecule has 0 atom stereocenters. The summed E-state index contributed by atoms with van der Waals surface area (Å²) in [5, 5.41) is 9.57. The summed E-state index contributed by atoms with van der Waals surface area (Å²) in [7, 11) is 0. The zero-order valence-corrected chi connectivity index (χ0v) is 11.2.